The SMILES string of the molecule is Nc1cc(-c2cccc(NC(=O)C(Cc3ccccc3)NC(=O)O)c2)ccn1. The standard InChI is InChI=1S/C21H20N4O3/c22-19-13-16(9-10-23-19)15-7-4-8-17(12-15)24-20(26)18(25-21(27)28)11-14-5-2-1-3-6-14/h1-10,12-13,18,25H,11H2,(H2,22,23)(H,24,26)(H,27,28). The van der Waals surface area contributed by atoms with Crippen molar-refractivity contribution in [2.75, 3.05) is 11.1 Å². The summed E-state index contributed by atoms with van der Waals surface area (Å²) in [4.78, 5) is 27.8. The summed E-state index contributed by atoms with van der Waals surface area (Å²) in [5, 5.41) is 14.1. The first-order valence-corrected chi connectivity index (χ1v) is 8.67. The molecule has 5 N–H and O–H groups in total. The number of nitrogens with one attached hydrogen (secondary N) is 2. The van der Waals surface area contributed by atoms with Crippen molar-refractivity contribution in [3.05, 3.63) is 78.5 Å². The van der Waals surface area contributed by atoms with Crippen molar-refractivity contribution in [3.8, 4) is 11.1 Å². The lowest BCUT2D eigenvalue weighted by molar-refractivity contribution is -0.118. The quantitative estimate of drug-likeness (QED) is 0.527. The van der Waals surface area contributed by atoms with Gasteiger partial charge in [-0.05, 0) is 41.0 Å². The Labute approximate surface area is 162 Å². The van der Waals surface area contributed by atoms with Gasteiger partial charge in [-0.2, -0.15) is 0 Å². The average Bonchev–Trinajstić information content (AvgIpc) is 2.68. The highest BCUT2D eigenvalue weighted by atomic mass is 16.4. The second-order valence-electron chi connectivity index (χ2n) is 6.23. The minimum Gasteiger partial charge on any atom is -0.465 e. The van der Waals surface area contributed by atoms with E-state index in [0.717, 1.165) is 16.7 Å². The molecule has 1 aromatic heterocycles. The summed E-state index contributed by atoms with van der Waals surface area (Å²) in [5.74, 6) is -0.0295. The van der Waals surface area contributed by atoms with Crippen LogP contribution in [0.2, 0.25) is 0 Å². The number of nitrogen functional groups attached to an aromatic ring is 1. The lowest BCUT2D eigenvalue weighted by atomic mass is 10.0. The fourth-order valence-corrected chi connectivity index (χ4v) is 2.84. The largest absolute Gasteiger partial charge is 0.465 e. The molecule has 28 heavy (non-hydrogen) atoms. The molecule has 0 saturated heterocycles. The summed E-state index contributed by atoms with van der Waals surface area (Å²) in [6, 6.07) is 19.1. The van der Waals surface area contributed by atoms with E-state index in [0.29, 0.717) is 11.5 Å². The number of carbonyl (C=O) groups excluding carboxylic acids is 1. The molecule has 0 fully saturated rings. The summed E-state index contributed by atoms with van der Waals surface area (Å²) in [6.45, 7) is 0. The summed E-state index contributed by atoms with van der Waals surface area (Å²) >= 11 is 0. The topological polar surface area (TPSA) is 117 Å². The fraction of sp³-hybridized carbons (Fsp3) is 0.0952. The zero-order valence-electron chi connectivity index (χ0n) is 15.0. The van der Waals surface area contributed by atoms with E-state index >= 15 is 0 Å². The van der Waals surface area contributed by atoms with Gasteiger partial charge in [-0.15, -0.1) is 0 Å². The molecule has 2 aromatic carbocycles. The van der Waals surface area contributed by atoms with E-state index in [-0.39, 0.29) is 6.42 Å². The first-order valence-electron chi connectivity index (χ1n) is 8.67. The highest BCUT2D eigenvalue weighted by molar-refractivity contribution is 5.97. The second kappa shape index (κ2) is 8.68. The Hall–Kier alpha value is -3.87. The Kier molecular flexibility index (Phi) is 5.86. The van der Waals surface area contributed by atoms with Crippen LogP contribution in [-0.4, -0.2) is 28.1 Å². The first-order chi connectivity index (χ1) is 13.5. The van der Waals surface area contributed by atoms with Crippen LogP contribution in [0.1, 0.15) is 5.56 Å². The number of hydrogen-bond donors (Lipinski definition) is 4. The third-order valence-corrected chi connectivity index (χ3v) is 4.14. The van der Waals surface area contributed by atoms with E-state index in [1.54, 1.807) is 30.5 Å². The molecular weight excluding hydrogens is 356 g/mol. The van der Waals surface area contributed by atoms with Gasteiger partial charge in [-0.25, -0.2) is 9.78 Å². The highest BCUT2D eigenvalue weighted by Gasteiger charge is 2.21. The number of pyridine rings is 1. The second-order valence-corrected chi connectivity index (χ2v) is 6.23. The average molecular weight is 376 g/mol. The first kappa shape index (κ1) is 18.9. The maximum absolute atomic E-state index is 12.7. The smallest absolute Gasteiger partial charge is 0.405 e. The van der Waals surface area contributed by atoms with Gasteiger partial charge in [0.25, 0.3) is 0 Å². The zero-order valence-corrected chi connectivity index (χ0v) is 15.0. The Morgan fingerprint density at radius 3 is 2.46 bits per heavy atom. The maximum Gasteiger partial charge on any atom is 0.405 e. The number of nitrogens with two attached hydrogens (primary N) is 1. The molecule has 0 aliphatic rings. The lowest BCUT2D eigenvalue weighted by Crippen LogP contribution is -2.44. The predicted molar refractivity (Wildman–Crippen MR) is 108 cm³/mol. The fourth-order valence-electron chi connectivity index (χ4n) is 2.84. The van der Waals surface area contributed by atoms with Gasteiger partial charge in [0.1, 0.15) is 11.9 Å². The predicted octanol–water partition coefficient (Wildman–Crippen LogP) is 3.15. The zero-order chi connectivity index (χ0) is 19.9. The van der Waals surface area contributed by atoms with Crippen LogP contribution in [0.25, 0.3) is 11.1 Å². The summed E-state index contributed by atoms with van der Waals surface area (Å²) in [5.41, 5.74) is 8.87. The van der Waals surface area contributed by atoms with Crippen LogP contribution in [0.15, 0.2) is 72.9 Å². The summed E-state index contributed by atoms with van der Waals surface area (Å²) < 4.78 is 0. The summed E-state index contributed by atoms with van der Waals surface area (Å²) in [6.07, 6.45) is 0.611. The van der Waals surface area contributed by atoms with Crippen molar-refractivity contribution in [3.63, 3.8) is 0 Å². The van der Waals surface area contributed by atoms with Gasteiger partial charge in [0.15, 0.2) is 0 Å². The number of nitrogens with zero attached hydrogens (tertiary/aromatic N) is 1. The van der Waals surface area contributed by atoms with Gasteiger partial charge in [0.2, 0.25) is 5.91 Å². The molecule has 7 heteroatoms. The number of anilines is 2. The summed E-state index contributed by atoms with van der Waals surface area (Å²) in [7, 11) is 0. The molecule has 0 aliphatic carbocycles. The number of amides is 2. The van der Waals surface area contributed by atoms with E-state index in [1.807, 2.05) is 42.5 Å². The van der Waals surface area contributed by atoms with Gasteiger partial charge in [-0.3, -0.25) is 4.79 Å². The molecule has 0 radical (unpaired) electrons. The van der Waals surface area contributed by atoms with Crippen molar-refractivity contribution in [1.29, 1.82) is 0 Å². The molecule has 7 nitrogen and oxygen atoms in total. The molecule has 0 aliphatic heterocycles. The minimum atomic E-state index is -1.25. The van der Waals surface area contributed by atoms with Crippen LogP contribution in [-0.2, 0) is 11.2 Å². The molecule has 1 unspecified atom stereocenters. The third-order valence-electron chi connectivity index (χ3n) is 4.14. The van der Waals surface area contributed by atoms with Gasteiger partial charge in [-0.1, -0.05) is 42.5 Å². The van der Waals surface area contributed by atoms with E-state index < -0.39 is 18.0 Å². The molecule has 1 heterocycles. The Morgan fingerprint density at radius 1 is 1.00 bits per heavy atom. The van der Waals surface area contributed by atoms with Crippen molar-refractivity contribution in [1.82, 2.24) is 10.3 Å². The number of carbonyl (C=O) groups is 2. The van der Waals surface area contributed by atoms with E-state index in [2.05, 4.69) is 15.6 Å². The lowest BCUT2D eigenvalue weighted by Gasteiger charge is -2.17. The normalized spacial score (nSPS) is 11.4. The maximum atomic E-state index is 12.7. The van der Waals surface area contributed by atoms with Crippen LogP contribution in [0.4, 0.5) is 16.3 Å². The number of benzene rings is 2. The molecule has 0 bridgehead atoms. The Bertz CT molecular complexity index is 976. The van der Waals surface area contributed by atoms with Crippen LogP contribution in [0, 0.1) is 0 Å². The van der Waals surface area contributed by atoms with Gasteiger partial charge >= 0.3 is 6.09 Å². The minimum absolute atomic E-state index is 0.250. The molecule has 0 spiro atoms. The van der Waals surface area contributed by atoms with E-state index in [4.69, 9.17) is 10.8 Å². The molecule has 3 aromatic rings. The third kappa shape index (κ3) is 5.07. The van der Waals surface area contributed by atoms with Crippen molar-refractivity contribution >= 4 is 23.5 Å². The Morgan fingerprint density at radius 2 is 1.75 bits per heavy atom. The molecular formula is C21H20N4O3. The monoisotopic (exact) mass is 376 g/mol. The van der Waals surface area contributed by atoms with Gasteiger partial charge in [0.05, 0.1) is 0 Å². The van der Waals surface area contributed by atoms with Crippen LogP contribution < -0.4 is 16.4 Å². The molecule has 3 rings (SSSR count). The number of hydrogen-bond acceptors (Lipinski definition) is 4. The number of aromatic nitrogens is 1. The Balaban J connectivity index is 1.77. The molecule has 0 saturated carbocycles. The number of rotatable bonds is 6. The van der Waals surface area contributed by atoms with Crippen molar-refractivity contribution in [2.24, 2.45) is 0 Å². The van der Waals surface area contributed by atoms with Gasteiger partial charge < -0.3 is 21.5 Å². The molecule has 142 valence electrons. The van der Waals surface area contributed by atoms with Crippen LogP contribution in [0.5, 0.6) is 0 Å². The van der Waals surface area contributed by atoms with Crippen LogP contribution in [0.3, 0.4) is 0 Å². The van der Waals surface area contributed by atoms with Crippen molar-refractivity contribution < 1.29 is 14.7 Å². The van der Waals surface area contributed by atoms with Crippen LogP contribution >= 0.6 is 0 Å². The van der Waals surface area contributed by atoms with Gasteiger partial charge in [0, 0.05) is 18.3 Å². The highest BCUT2D eigenvalue weighted by Crippen LogP contribution is 2.23. The van der Waals surface area contributed by atoms with E-state index in [1.165, 1.54) is 0 Å². The number of carboxylic acid groups (broad SMARTS) is 1. The van der Waals surface area contributed by atoms with E-state index in [9.17, 15) is 9.59 Å². The molecule has 1 atom stereocenters. The molecule has 2 amide bonds. The van der Waals surface area contributed by atoms with Crippen molar-refractivity contribution in [2.45, 2.75) is 12.5 Å².